The van der Waals surface area contributed by atoms with Crippen LogP contribution in [0.3, 0.4) is 0 Å². The first-order chi connectivity index (χ1) is 5.22. The first-order valence-electron chi connectivity index (χ1n) is 3.51. The van der Waals surface area contributed by atoms with Crippen molar-refractivity contribution in [3.05, 3.63) is 0 Å². The predicted molar refractivity (Wildman–Crippen MR) is 40.8 cm³/mol. The van der Waals surface area contributed by atoms with Gasteiger partial charge in [-0.3, -0.25) is 0 Å². The fourth-order valence-corrected chi connectivity index (χ4v) is 3.60. The van der Waals surface area contributed by atoms with Crippen LogP contribution in [0.25, 0.3) is 0 Å². The topological polar surface area (TPSA) is 60.2 Å². The van der Waals surface area contributed by atoms with Crippen LogP contribution in [0.4, 0.5) is 8.78 Å². The molecule has 0 aliphatic carbocycles. The summed E-state index contributed by atoms with van der Waals surface area (Å²) >= 11 is 0. The second-order valence-electron chi connectivity index (χ2n) is 3.50. The molecular formula is C6H11F2NO2S. The van der Waals surface area contributed by atoms with Crippen LogP contribution in [0.2, 0.25) is 0 Å². The molecule has 3 nitrogen and oxygen atoms in total. The summed E-state index contributed by atoms with van der Waals surface area (Å²) in [7, 11) is -3.60. The van der Waals surface area contributed by atoms with Crippen LogP contribution < -0.4 is 5.73 Å². The van der Waals surface area contributed by atoms with E-state index in [0.29, 0.717) is 0 Å². The average molecular weight is 199 g/mol. The molecular weight excluding hydrogens is 188 g/mol. The van der Waals surface area contributed by atoms with Crippen LogP contribution in [0.5, 0.6) is 0 Å². The fourth-order valence-electron chi connectivity index (χ4n) is 1.30. The predicted octanol–water partition coefficient (Wildman–Crippen LogP) is 0.0151. The van der Waals surface area contributed by atoms with Gasteiger partial charge in [-0.15, -0.1) is 0 Å². The number of nitrogens with two attached hydrogens (primary N) is 1. The summed E-state index contributed by atoms with van der Waals surface area (Å²) in [5, 5.41) is 0. The van der Waals surface area contributed by atoms with E-state index in [0.717, 1.165) is 0 Å². The number of rotatable bonds is 1. The highest BCUT2D eigenvalue weighted by atomic mass is 32.2. The van der Waals surface area contributed by atoms with E-state index in [-0.39, 0.29) is 6.54 Å². The highest BCUT2D eigenvalue weighted by molar-refractivity contribution is 7.91. The van der Waals surface area contributed by atoms with Gasteiger partial charge >= 0.3 is 0 Å². The molecule has 0 amide bonds. The van der Waals surface area contributed by atoms with Gasteiger partial charge in [0, 0.05) is 6.54 Å². The maximum absolute atomic E-state index is 13.0. The van der Waals surface area contributed by atoms with Crippen molar-refractivity contribution < 1.29 is 17.2 Å². The van der Waals surface area contributed by atoms with Gasteiger partial charge in [-0.2, -0.15) is 0 Å². The molecule has 1 fully saturated rings. The first kappa shape index (κ1) is 9.85. The minimum atomic E-state index is -3.60. The molecule has 1 aliphatic rings. The summed E-state index contributed by atoms with van der Waals surface area (Å²) in [6, 6.07) is 0. The van der Waals surface area contributed by atoms with E-state index in [2.05, 4.69) is 0 Å². The Morgan fingerprint density at radius 3 is 2.08 bits per heavy atom. The zero-order valence-electron chi connectivity index (χ0n) is 6.68. The van der Waals surface area contributed by atoms with Crippen LogP contribution in [-0.4, -0.2) is 32.4 Å². The molecule has 0 radical (unpaired) electrons. The third kappa shape index (κ3) is 1.33. The Labute approximate surface area is 69.9 Å². The second-order valence-corrected chi connectivity index (χ2v) is 5.57. The molecule has 1 aliphatic heterocycles. The highest BCUT2D eigenvalue weighted by Gasteiger charge is 2.59. The lowest BCUT2D eigenvalue weighted by atomic mass is 9.87. The van der Waals surface area contributed by atoms with E-state index >= 15 is 0 Å². The van der Waals surface area contributed by atoms with Gasteiger partial charge in [-0.1, -0.05) is 6.92 Å². The summed E-state index contributed by atoms with van der Waals surface area (Å²) < 4.78 is 47.8. The van der Waals surface area contributed by atoms with Crippen molar-refractivity contribution in [3.63, 3.8) is 0 Å². The van der Waals surface area contributed by atoms with Crippen molar-refractivity contribution in [1.29, 1.82) is 0 Å². The quantitative estimate of drug-likeness (QED) is 0.647. The van der Waals surface area contributed by atoms with Gasteiger partial charge in [0.05, 0.1) is 11.2 Å². The van der Waals surface area contributed by atoms with Crippen LogP contribution in [0, 0.1) is 5.41 Å². The number of sulfone groups is 1. The monoisotopic (exact) mass is 199 g/mol. The Balaban J connectivity index is 3.08. The molecule has 1 heterocycles. The molecule has 0 saturated carbocycles. The fraction of sp³-hybridized carbons (Fsp3) is 1.00. The Hall–Kier alpha value is -0.230. The number of halogens is 2. The third-order valence-corrected chi connectivity index (χ3v) is 4.15. The molecule has 0 spiro atoms. The van der Waals surface area contributed by atoms with Crippen LogP contribution in [-0.2, 0) is 9.84 Å². The Morgan fingerprint density at radius 2 is 1.92 bits per heavy atom. The number of hydrogen-bond donors (Lipinski definition) is 1. The highest BCUT2D eigenvalue weighted by Crippen LogP contribution is 2.43. The molecule has 2 N–H and O–H groups in total. The molecule has 1 saturated heterocycles. The van der Waals surface area contributed by atoms with Crippen LogP contribution in [0.1, 0.15) is 6.92 Å². The van der Waals surface area contributed by atoms with Crippen molar-refractivity contribution in [2.75, 3.05) is 18.1 Å². The normalized spacial score (nSPS) is 38.3. The molecule has 72 valence electrons. The number of alkyl halides is 2. The van der Waals surface area contributed by atoms with Crippen molar-refractivity contribution in [1.82, 2.24) is 0 Å². The van der Waals surface area contributed by atoms with E-state index in [1.54, 1.807) is 0 Å². The molecule has 0 bridgehead atoms. The zero-order chi connectivity index (χ0) is 9.62. The molecule has 0 aromatic carbocycles. The molecule has 6 heteroatoms. The van der Waals surface area contributed by atoms with Gasteiger partial charge in [0.25, 0.3) is 5.92 Å². The molecule has 0 aromatic heterocycles. The van der Waals surface area contributed by atoms with Crippen molar-refractivity contribution in [3.8, 4) is 0 Å². The molecule has 1 unspecified atom stereocenters. The van der Waals surface area contributed by atoms with Gasteiger partial charge in [0.15, 0.2) is 9.84 Å². The van der Waals surface area contributed by atoms with E-state index in [1.165, 1.54) is 6.92 Å². The Bertz CT molecular complexity index is 288. The summed E-state index contributed by atoms with van der Waals surface area (Å²) in [4.78, 5) is 0. The third-order valence-electron chi connectivity index (χ3n) is 2.27. The van der Waals surface area contributed by atoms with E-state index < -0.39 is 32.7 Å². The van der Waals surface area contributed by atoms with E-state index in [1.807, 2.05) is 0 Å². The van der Waals surface area contributed by atoms with Gasteiger partial charge in [-0.05, 0) is 0 Å². The summed E-state index contributed by atoms with van der Waals surface area (Å²) in [5.74, 6) is -4.75. The first-order valence-corrected chi connectivity index (χ1v) is 5.33. The summed E-state index contributed by atoms with van der Waals surface area (Å²) in [6.45, 7) is 0.900. The second kappa shape index (κ2) is 2.38. The summed E-state index contributed by atoms with van der Waals surface area (Å²) in [5.41, 5.74) is 3.54. The van der Waals surface area contributed by atoms with Crippen LogP contribution >= 0.6 is 0 Å². The lowest BCUT2D eigenvalue weighted by molar-refractivity contribution is -0.0678. The minimum Gasteiger partial charge on any atom is -0.330 e. The maximum Gasteiger partial charge on any atom is 0.269 e. The SMILES string of the molecule is CC1(CN)CS(=O)(=O)CC1(F)F. The van der Waals surface area contributed by atoms with E-state index in [9.17, 15) is 17.2 Å². The van der Waals surface area contributed by atoms with Crippen molar-refractivity contribution in [2.45, 2.75) is 12.8 Å². The zero-order valence-corrected chi connectivity index (χ0v) is 7.50. The molecule has 1 rings (SSSR count). The lowest BCUT2D eigenvalue weighted by Gasteiger charge is -2.27. The Kier molecular flexibility index (Phi) is 1.96. The lowest BCUT2D eigenvalue weighted by Crippen LogP contribution is -2.43. The van der Waals surface area contributed by atoms with Gasteiger partial charge < -0.3 is 5.73 Å². The Morgan fingerprint density at radius 1 is 1.42 bits per heavy atom. The maximum atomic E-state index is 13.0. The molecule has 0 aromatic rings. The molecule has 1 atom stereocenters. The van der Waals surface area contributed by atoms with Gasteiger partial charge in [-0.25, -0.2) is 17.2 Å². The van der Waals surface area contributed by atoms with Crippen LogP contribution in [0.15, 0.2) is 0 Å². The van der Waals surface area contributed by atoms with Gasteiger partial charge in [0.2, 0.25) is 0 Å². The summed E-state index contributed by atoms with van der Waals surface area (Å²) in [6.07, 6.45) is 0. The number of hydrogen-bond acceptors (Lipinski definition) is 3. The van der Waals surface area contributed by atoms with Crippen molar-refractivity contribution >= 4 is 9.84 Å². The van der Waals surface area contributed by atoms with E-state index in [4.69, 9.17) is 5.73 Å². The van der Waals surface area contributed by atoms with Crippen molar-refractivity contribution in [2.24, 2.45) is 11.1 Å². The average Bonchev–Trinajstić information content (AvgIpc) is 1.98. The smallest absolute Gasteiger partial charge is 0.269 e. The minimum absolute atomic E-state index is 0.306. The standard InChI is InChI=1S/C6H11F2NO2S/c1-5(2-9)3-12(10,11)4-6(5,7)8/h2-4,9H2,1H3. The van der Waals surface area contributed by atoms with Gasteiger partial charge in [0.1, 0.15) is 5.75 Å². The largest absolute Gasteiger partial charge is 0.330 e. The molecule has 12 heavy (non-hydrogen) atoms.